The van der Waals surface area contributed by atoms with Crippen LogP contribution in [-0.2, 0) is 6.42 Å². The third-order valence-corrected chi connectivity index (χ3v) is 3.15. The first-order valence-electron chi connectivity index (χ1n) is 5.91. The van der Waals surface area contributed by atoms with Crippen LogP contribution in [0.2, 0.25) is 0 Å². The van der Waals surface area contributed by atoms with Crippen LogP contribution < -0.4 is 5.32 Å². The molecule has 0 spiro atoms. The highest BCUT2D eigenvalue weighted by Crippen LogP contribution is 2.25. The van der Waals surface area contributed by atoms with E-state index in [-0.39, 0.29) is 0 Å². The van der Waals surface area contributed by atoms with E-state index < -0.39 is 12.6 Å². The number of rotatable bonds is 2. The van der Waals surface area contributed by atoms with Gasteiger partial charge >= 0.3 is 6.18 Å². The van der Waals surface area contributed by atoms with Crippen LogP contribution in [0.25, 0.3) is 0 Å². The summed E-state index contributed by atoms with van der Waals surface area (Å²) in [5, 5.41) is 3.31. The lowest BCUT2D eigenvalue weighted by molar-refractivity contribution is -0.127. The van der Waals surface area contributed by atoms with Crippen molar-refractivity contribution in [3.8, 4) is 0 Å². The number of halogens is 3. The largest absolute Gasteiger partial charge is 0.393 e. The van der Waals surface area contributed by atoms with Gasteiger partial charge in [0.2, 0.25) is 0 Å². The van der Waals surface area contributed by atoms with Gasteiger partial charge in [0.25, 0.3) is 0 Å². The van der Waals surface area contributed by atoms with Crippen molar-refractivity contribution in [1.82, 2.24) is 5.32 Å². The predicted molar refractivity (Wildman–Crippen MR) is 61.0 cm³/mol. The molecule has 1 aromatic rings. The first kappa shape index (κ1) is 12.4. The van der Waals surface area contributed by atoms with Crippen molar-refractivity contribution in [1.29, 1.82) is 0 Å². The highest BCUT2D eigenvalue weighted by Gasteiger charge is 2.27. The Morgan fingerprint density at radius 1 is 1.18 bits per heavy atom. The third-order valence-electron chi connectivity index (χ3n) is 3.15. The molecule has 0 radical (unpaired) electrons. The topological polar surface area (TPSA) is 12.0 Å². The molecule has 1 saturated heterocycles. The molecule has 0 bridgehead atoms. The second-order valence-corrected chi connectivity index (χ2v) is 4.58. The SMILES string of the molecule is FC(F)(F)Cc1ccc(C2CCCNC2)cc1. The molecule has 0 saturated carbocycles. The van der Waals surface area contributed by atoms with Gasteiger partial charge in [-0.25, -0.2) is 0 Å². The van der Waals surface area contributed by atoms with E-state index in [0.29, 0.717) is 11.5 Å². The number of hydrogen-bond acceptors (Lipinski definition) is 1. The van der Waals surface area contributed by atoms with Crippen molar-refractivity contribution < 1.29 is 13.2 Å². The van der Waals surface area contributed by atoms with Gasteiger partial charge in [-0.3, -0.25) is 0 Å². The van der Waals surface area contributed by atoms with Crippen LogP contribution in [0.1, 0.15) is 29.9 Å². The molecule has 1 fully saturated rings. The summed E-state index contributed by atoms with van der Waals surface area (Å²) in [4.78, 5) is 0. The van der Waals surface area contributed by atoms with Gasteiger partial charge < -0.3 is 5.32 Å². The molecular formula is C13H16F3N. The molecule has 1 heterocycles. The lowest BCUT2D eigenvalue weighted by Gasteiger charge is -2.23. The molecule has 1 unspecified atom stereocenters. The zero-order valence-corrected chi connectivity index (χ0v) is 9.56. The van der Waals surface area contributed by atoms with Crippen LogP contribution in [-0.4, -0.2) is 19.3 Å². The average Bonchev–Trinajstić information content (AvgIpc) is 2.29. The van der Waals surface area contributed by atoms with Gasteiger partial charge in [0.1, 0.15) is 0 Å². The van der Waals surface area contributed by atoms with E-state index in [9.17, 15) is 13.2 Å². The summed E-state index contributed by atoms with van der Waals surface area (Å²) in [6.45, 7) is 1.97. The summed E-state index contributed by atoms with van der Waals surface area (Å²) >= 11 is 0. The number of hydrogen-bond donors (Lipinski definition) is 1. The third kappa shape index (κ3) is 3.73. The fourth-order valence-electron chi connectivity index (χ4n) is 2.28. The average molecular weight is 243 g/mol. The summed E-state index contributed by atoms with van der Waals surface area (Å²) < 4.78 is 36.6. The molecule has 1 nitrogen and oxygen atoms in total. The van der Waals surface area contributed by atoms with Gasteiger partial charge in [-0.15, -0.1) is 0 Å². The van der Waals surface area contributed by atoms with E-state index in [1.54, 1.807) is 12.1 Å². The monoisotopic (exact) mass is 243 g/mol. The van der Waals surface area contributed by atoms with Crippen molar-refractivity contribution in [3.05, 3.63) is 35.4 Å². The Balaban J connectivity index is 2.02. The molecule has 1 aliphatic rings. The highest BCUT2D eigenvalue weighted by molar-refractivity contribution is 5.26. The van der Waals surface area contributed by atoms with Crippen LogP contribution in [0, 0.1) is 0 Å². The van der Waals surface area contributed by atoms with Crippen molar-refractivity contribution in [2.75, 3.05) is 13.1 Å². The quantitative estimate of drug-likeness (QED) is 0.840. The summed E-state index contributed by atoms with van der Waals surface area (Å²) in [6, 6.07) is 6.85. The maximum absolute atomic E-state index is 12.2. The van der Waals surface area contributed by atoms with Crippen molar-refractivity contribution in [2.45, 2.75) is 31.4 Å². The van der Waals surface area contributed by atoms with E-state index in [0.717, 1.165) is 31.5 Å². The Hall–Kier alpha value is -1.03. The zero-order chi connectivity index (χ0) is 12.3. The Bertz CT molecular complexity index is 350. The van der Waals surface area contributed by atoms with Gasteiger partial charge in [0.05, 0.1) is 6.42 Å². The fourth-order valence-corrected chi connectivity index (χ4v) is 2.28. The molecule has 2 rings (SSSR count). The first-order valence-corrected chi connectivity index (χ1v) is 5.91. The zero-order valence-electron chi connectivity index (χ0n) is 9.56. The predicted octanol–water partition coefficient (Wildman–Crippen LogP) is 3.26. The molecule has 1 atom stereocenters. The van der Waals surface area contributed by atoms with Crippen molar-refractivity contribution >= 4 is 0 Å². The molecule has 1 N–H and O–H groups in total. The van der Waals surface area contributed by atoms with Gasteiger partial charge in [-0.1, -0.05) is 24.3 Å². The lowest BCUT2D eigenvalue weighted by Crippen LogP contribution is -2.28. The second kappa shape index (κ2) is 5.08. The maximum atomic E-state index is 12.2. The highest BCUT2D eigenvalue weighted by atomic mass is 19.4. The molecule has 1 aliphatic heterocycles. The molecular weight excluding hydrogens is 227 g/mol. The number of alkyl halides is 3. The first-order chi connectivity index (χ1) is 8.04. The Labute approximate surface area is 99.0 Å². The Kier molecular flexibility index (Phi) is 3.72. The Morgan fingerprint density at radius 3 is 2.41 bits per heavy atom. The second-order valence-electron chi connectivity index (χ2n) is 4.58. The molecule has 0 amide bonds. The lowest BCUT2D eigenvalue weighted by atomic mass is 9.91. The van der Waals surface area contributed by atoms with Crippen LogP contribution >= 0.6 is 0 Å². The van der Waals surface area contributed by atoms with E-state index in [1.807, 2.05) is 12.1 Å². The summed E-state index contributed by atoms with van der Waals surface area (Å²) in [7, 11) is 0. The van der Waals surface area contributed by atoms with Gasteiger partial charge in [-0.2, -0.15) is 13.2 Å². The molecule has 94 valence electrons. The van der Waals surface area contributed by atoms with Crippen LogP contribution in [0.15, 0.2) is 24.3 Å². The molecule has 0 aliphatic carbocycles. The Morgan fingerprint density at radius 2 is 1.88 bits per heavy atom. The van der Waals surface area contributed by atoms with Crippen molar-refractivity contribution in [3.63, 3.8) is 0 Å². The van der Waals surface area contributed by atoms with E-state index >= 15 is 0 Å². The van der Waals surface area contributed by atoms with Gasteiger partial charge in [-0.05, 0) is 36.4 Å². The van der Waals surface area contributed by atoms with Gasteiger partial charge in [0.15, 0.2) is 0 Å². The summed E-state index contributed by atoms with van der Waals surface area (Å²) in [5.41, 5.74) is 1.48. The molecule has 4 heteroatoms. The van der Waals surface area contributed by atoms with Crippen molar-refractivity contribution in [2.24, 2.45) is 0 Å². The smallest absolute Gasteiger partial charge is 0.316 e. The number of benzene rings is 1. The number of piperidine rings is 1. The number of nitrogens with one attached hydrogen (secondary N) is 1. The van der Waals surface area contributed by atoms with Gasteiger partial charge in [0, 0.05) is 6.54 Å². The fraction of sp³-hybridized carbons (Fsp3) is 0.538. The standard InChI is InChI=1S/C13H16F3N/c14-13(15,16)8-10-3-5-11(6-4-10)12-2-1-7-17-9-12/h3-6,12,17H,1-2,7-9H2. The molecule has 17 heavy (non-hydrogen) atoms. The van der Waals surface area contributed by atoms with E-state index in [2.05, 4.69) is 5.32 Å². The molecule has 0 aromatic heterocycles. The summed E-state index contributed by atoms with van der Waals surface area (Å²) in [5.74, 6) is 0.448. The van der Waals surface area contributed by atoms with E-state index in [1.165, 1.54) is 0 Å². The van der Waals surface area contributed by atoms with Crippen LogP contribution in [0.4, 0.5) is 13.2 Å². The van der Waals surface area contributed by atoms with Crippen LogP contribution in [0.3, 0.4) is 0 Å². The molecule has 1 aromatic carbocycles. The summed E-state index contributed by atoms with van der Waals surface area (Å²) in [6.07, 6.45) is -2.70. The van der Waals surface area contributed by atoms with E-state index in [4.69, 9.17) is 0 Å². The minimum atomic E-state index is -4.12. The maximum Gasteiger partial charge on any atom is 0.393 e. The minimum Gasteiger partial charge on any atom is -0.316 e. The van der Waals surface area contributed by atoms with Crippen LogP contribution in [0.5, 0.6) is 0 Å². The minimum absolute atomic E-state index is 0.338. The normalized spacial score (nSPS) is 21.5.